The summed E-state index contributed by atoms with van der Waals surface area (Å²) in [7, 11) is 0. The van der Waals surface area contributed by atoms with Crippen LogP contribution in [-0.4, -0.2) is 5.91 Å². The first-order valence-electron chi connectivity index (χ1n) is 5.75. The number of rotatable bonds is 3. The number of hydrogen-bond donors (Lipinski definition) is 1. The van der Waals surface area contributed by atoms with Crippen LogP contribution in [0.1, 0.15) is 21.5 Å². The number of benzene rings is 2. The molecule has 0 radical (unpaired) electrons. The van der Waals surface area contributed by atoms with Crippen molar-refractivity contribution in [2.45, 2.75) is 13.5 Å². The first kappa shape index (κ1) is 12.7. The first-order chi connectivity index (χ1) is 8.66. The minimum atomic E-state index is -0.151. The second-order valence-electron chi connectivity index (χ2n) is 4.15. The molecule has 2 aromatic rings. The number of carbonyl (C=O) groups is 1. The van der Waals surface area contributed by atoms with Crippen molar-refractivity contribution < 1.29 is 4.79 Å². The Balaban J connectivity index is 2.03. The maximum absolute atomic E-state index is 11.9. The number of halogens is 1. The number of nitrogens with one attached hydrogen (secondary N) is 1. The summed E-state index contributed by atoms with van der Waals surface area (Å²) in [6.07, 6.45) is 0. The van der Waals surface area contributed by atoms with Crippen LogP contribution in [0.2, 0.25) is 5.02 Å². The van der Waals surface area contributed by atoms with Gasteiger partial charge in [0.2, 0.25) is 0 Å². The molecule has 3 heteroatoms. The Morgan fingerprint density at radius 2 is 1.94 bits per heavy atom. The number of aryl methyl sites for hydroxylation is 1. The molecule has 1 amide bonds. The van der Waals surface area contributed by atoms with E-state index in [1.165, 1.54) is 5.56 Å². The highest BCUT2D eigenvalue weighted by Crippen LogP contribution is 2.14. The van der Waals surface area contributed by atoms with Gasteiger partial charge in [-0.15, -0.1) is 0 Å². The van der Waals surface area contributed by atoms with Crippen molar-refractivity contribution in [3.8, 4) is 0 Å². The lowest BCUT2D eigenvalue weighted by atomic mass is 10.1. The zero-order valence-corrected chi connectivity index (χ0v) is 10.9. The fourth-order valence-electron chi connectivity index (χ4n) is 1.75. The molecule has 0 aromatic heterocycles. The van der Waals surface area contributed by atoms with E-state index in [0.717, 1.165) is 5.56 Å². The SMILES string of the molecule is Cc1cccc(CNC(=O)c2ccccc2Cl)c1. The van der Waals surface area contributed by atoms with Crippen molar-refractivity contribution in [2.24, 2.45) is 0 Å². The van der Waals surface area contributed by atoms with Crippen LogP contribution in [0.15, 0.2) is 48.5 Å². The normalized spacial score (nSPS) is 10.1. The molecule has 0 heterocycles. The second kappa shape index (κ2) is 5.69. The van der Waals surface area contributed by atoms with Crippen molar-refractivity contribution in [2.75, 3.05) is 0 Å². The van der Waals surface area contributed by atoms with Gasteiger partial charge in [-0.3, -0.25) is 4.79 Å². The van der Waals surface area contributed by atoms with Crippen LogP contribution in [0.5, 0.6) is 0 Å². The highest BCUT2D eigenvalue weighted by atomic mass is 35.5. The molecule has 0 unspecified atom stereocenters. The lowest BCUT2D eigenvalue weighted by molar-refractivity contribution is 0.0951. The molecule has 0 atom stereocenters. The minimum absolute atomic E-state index is 0.151. The molecule has 0 bridgehead atoms. The van der Waals surface area contributed by atoms with Crippen LogP contribution < -0.4 is 5.32 Å². The van der Waals surface area contributed by atoms with Crippen LogP contribution in [0.3, 0.4) is 0 Å². The largest absolute Gasteiger partial charge is 0.348 e. The fourth-order valence-corrected chi connectivity index (χ4v) is 1.97. The molecule has 0 saturated carbocycles. The van der Waals surface area contributed by atoms with Crippen LogP contribution in [-0.2, 0) is 6.54 Å². The van der Waals surface area contributed by atoms with Crippen LogP contribution in [0, 0.1) is 6.92 Å². The summed E-state index contributed by atoms with van der Waals surface area (Å²) in [4.78, 5) is 11.9. The highest BCUT2D eigenvalue weighted by Gasteiger charge is 2.08. The lowest BCUT2D eigenvalue weighted by Crippen LogP contribution is -2.23. The Morgan fingerprint density at radius 3 is 2.67 bits per heavy atom. The molecule has 0 aliphatic rings. The van der Waals surface area contributed by atoms with E-state index in [0.29, 0.717) is 17.1 Å². The van der Waals surface area contributed by atoms with Crippen LogP contribution in [0.25, 0.3) is 0 Å². The summed E-state index contributed by atoms with van der Waals surface area (Å²) in [5.41, 5.74) is 2.77. The van der Waals surface area contributed by atoms with Gasteiger partial charge in [0, 0.05) is 6.54 Å². The molecule has 0 aliphatic carbocycles. The number of carbonyl (C=O) groups excluding carboxylic acids is 1. The number of hydrogen-bond acceptors (Lipinski definition) is 1. The maximum atomic E-state index is 11.9. The van der Waals surface area contributed by atoms with Gasteiger partial charge in [-0.05, 0) is 24.6 Å². The third kappa shape index (κ3) is 3.11. The van der Waals surface area contributed by atoms with Crippen molar-refractivity contribution in [1.29, 1.82) is 0 Å². The molecule has 2 aromatic carbocycles. The van der Waals surface area contributed by atoms with E-state index < -0.39 is 0 Å². The summed E-state index contributed by atoms with van der Waals surface area (Å²) in [5.74, 6) is -0.151. The molecule has 0 fully saturated rings. The predicted octanol–water partition coefficient (Wildman–Crippen LogP) is 3.58. The van der Waals surface area contributed by atoms with Gasteiger partial charge in [0.15, 0.2) is 0 Å². The third-order valence-corrected chi connectivity index (χ3v) is 2.98. The van der Waals surface area contributed by atoms with Gasteiger partial charge in [-0.25, -0.2) is 0 Å². The number of amides is 1. The molecule has 92 valence electrons. The van der Waals surface area contributed by atoms with E-state index in [2.05, 4.69) is 5.32 Å². The van der Waals surface area contributed by atoms with E-state index in [4.69, 9.17) is 11.6 Å². The Hall–Kier alpha value is -1.80. The molecule has 0 aliphatic heterocycles. The van der Waals surface area contributed by atoms with Crippen molar-refractivity contribution in [3.63, 3.8) is 0 Å². The quantitative estimate of drug-likeness (QED) is 0.897. The van der Waals surface area contributed by atoms with Gasteiger partial charge < -0.3 is 5.32 Å². The minimum Gasteiger partial charge on any atom is -0.348 e. The van der Waals surface area contributed by atoms with E-state index in [9.17, 15) is 4.79 Å². The van der Waals surface area contributed by atoms with Gasteiger partial charge in [0.25, 0.3) is 5.91 Å². The zero-order chi connectivity index (χ0) is 13.0. The van der Waals surface area contributed by atoms with Gasteiger partial charge in [-0.1, -0.05) is 53.6 Å². The van der Waals surface area contributed by atoms with E-state index in [-0.39, 0.29) is 5.91 Å². The Bertz CT molecular complexity index is 566. The molecule has 2 nitrogen and oxygen atoms in total. The standard InChI is InChI=1S/C15H14ClNO/c1-11-5-4-6-12(9-11)10-17-15(18)13-7-2-3-8-14(13)16/h2-9H,10H2,1H3,(H,17,18). The summed E-state index contributed by atoms with van der Waals surface area (Å²) in [6.45, 7) is 2.53. The van der Waals surface area contributed by atoms with E-state index in [1.54, 1.807) is 24.3 Å². The molecular weight excluding hydrogens is 246 g/mol. The second-order valence-corrected chi connectivity index (χ2v) is 4.56. The molecule has 2 rings (SSSR count). The van der Waals surface area contributed by atoms with Crippen LogP contribution in [0.4, 0.5) is 0 Å². The topological polar surface area (TPSA) is 29.1 Å². The summed E-state index contributed by atoms with van der Waals surface area (Å²) in [6, 6.07) is 15.1. The Kier molecular flexibility index (Phi) is 4.00. The molecule has 18 heavy (non-hydrogen) atoms. The molecule has 1 N–H and O–H groups in total. The monoisotopic (exact) mass is 259 g/mol. The maximum Gasteiger partial charge on any atom is 0.253 e. The van der Waals surface area contributed by atoms with Gasteiger partial charge in [0.05, 0.1) is 10.6 Å². The van der Waals surface area contributed by atoms with Crippen molar-refractivity contribution in [1.82, 2.24) is 5.32 Å². The third-order valence-electron chi connectivity index (χ3n) is 2.65. The predicted molar refractivity (Wildman–Crippen MR) is 73.8 cm³/mol. The van der Waals surface area contributed by atoms with Crippen molar-refractivity contribution in [3.05, 3.63) is 70.2 Å². The summed E-state index contributed by atoms with van der Waals surface area (Å²) in [5, 5.41) is 3.33. The van der Waals surface area contributed by atoms with E-state index >= 15 is 0 Å². The fraction of sp³-hybridized carbons (Fsp3) is 0.133. The molecular formula is C15H14ClNO. The average Bonchev–Trinajstić information content (AvgIpc) is 2.37. The zero-order valence-electron chi connectivity index (χ0n) is 10.1. The lowest BCUT2D eigenvalue weighted by Gasteiger charge is -2.07. The molecule has 0 spiro atoms. The Morgan fingerprint density at radius 1 is 1.17 bits per heavy atom. The highest BCUT2D eigenvalue weighted by molar-refractivity contribution is 6.33. The van der Waals surface area contributed by atoms with Crippen LogP contribution >= 0.6 is 11.6 Å². The average molecular weight is 260 g/mol. The van der Waals surface area contributed by atoms with Crippen molar-refractivity contribution >= 4 is 17.5 Å². The Labute approximate surface area is 112 Å². The molecule has 0 saturated heterocycles. The van der Waals surface area contributed by atoms with Gasteiger partial charge in [-0.2, -0.15) is 0 Å². The van der Waals surface area contributed by atoms with Gasteiger partial charge in [0.1, 0.15) is 0 Å². The summed E-state index contributed by atoms with van der Waals surface area (Å²) < 4.78 is 0. The van der Waals surface area contributed by atoms with E-state index in [1.807, 2.05) is 31.2 Å². The first-order valence-corrected chi connectivity index (χ1v) is 6.13. The summed E-state index contributed by atoms with van der Waals surface area (Å²) >= 11 is 5.97. The van der Waals surface area contributed by atoms with Gasteiger partial charge >= 0.3 is 0 Å². The smallest absolute Gasteiger partial charge is 0.253 e.